The van der Waals surface area contributed by atoms with Crippen molar-refractivity contribution in [1.29, 1.82) is 0 Å². The van der Waals surface area contributed by atoms with E-state index in [4.69, 9.17) is 21.3 Å². The summed E-state index contributed by atoms with van der Waals surface area (Å²) in [5.74, 6) is 1.37. The molecule has 1 aliphatic rings. The van der Waals surface area contributed by atoms with Gasteiger partial charge in [0.05, 0.1) is 25.3 Å². The highest BCUT2D eigenvalue weighted by atomic mass is 35.5. The van der Waals surface area contributed by atoms with Gasteiger partial charge in [0, 0.05) is 41.7 Å². The number of ether oxygens (including phenoxy) is 2. The Hall–Kier alpha value is -2.46. The topological polar surface area (TPSA) is 24.7 Å². The second-order valence-corrected chi connectivity index (χ2v) is 7.12. The molecular formula is C21H24ClN2O2+. The third-order valence-electron chi connectivity index (χ3n) is 4.92. The summed E-state index contributed by atoms with van der Waals surface area (Å²) in [7, 11) is 5.32. The van der Waals surface area contributed by atoms with E-state index in [1.165, 1.54) is 21.4 Å². The summed E-state index contributed by atoms with van der Waals surface area (Å²) in [6, 6.07) is 14.0. The number of anilines is 1. The van der Waals surface area contributed by atoms with E-state index in [0.717, 1.165) is 11.4 Å². The van der Waals surface area contributed by atoms with Crippen molar-refractivity contribution in [2.75, 3.05) is 25.7 Å². The molecule has 0 unspecified atom stereocenters. The summed E-state index contributed by atoms with van der Waals surface area (Å²) < 4.78 is 14.4. The fourth-order valence-corrected chi connectivity index (χ4v) is 3.68. The van der Waals surface area contributed by atoms with Crippen molar-refractivity contribution in [2.45, 2.75) is 19.3 Å². The molecule has 3 rings (SSSR count). The monoisotopic (exact) mass is 371 g/mol. The highest BCUT2D eigenvalue weighted by Crippen LogP contribution is 2.39. The van der Waals surface area contributed by atoms with Crippen molar-refractivity contribution in [3.8, 4) is 11.5 Å². The lowest BCUT2D eigenvalue weighted by Gasteiger charge is -2.17. The molecule has 0 atom stereocenters. The van der Waals surface area contributed by atoms with Crippen LogP contribution in [0.1, 0.15) is 19.4 Å². The smallest absolute Gasteiger partial charge is 0.209 e. The zero-order chi connectivity index (χ0) is 18.9. The number of para-hydroxylation sites is 1. The van der Waals surface area contributed by atoms with Crippen LogP contribution in [0.3, 0.4) is 0 Å². The minimum Gasteiger partial charge on any atom is -0.497 e. The molecule has 0 saturated carbocycles. The minimum absolute atomic E-state index is 0.0937. The summed E-state index contributed by atoms with van der Waals surface area (Å²) in [5, 5.41) is 0. The molecule has 5 heteroatoms. The van der Waals surface area contributed by atoms with Crippen LogP contribution in [0.15, 0.2) is 54.7 Å². The van der Waals surface area contributed by atoms with Gasteiger partial charge in [-0.1, -0.05) is 18.2 Å². The standard InChI is InChI=1S/C21H24ClN2O2/c1-21(2)16-8-6-7-9-17(16)23(3)20(21)12-13-24(22)18-11-10-15(25-4)14-19(18)26-5/h6-14H,1-5H3/q+1. The maximum absolute atomic E-state index is 6.51. The Kier molecular flexibility index (Phi) is 4.97. The average Bonchev–Trinajstić information content (AvgIpc) is 2.85. The summed E-state index contributed by atoms with van der Waals surface area (Å²) >= 11 is 6.51. The number of nitrogens with zero attached hydrogens (tertiary/aromatic N) is 2. The normalized spacial score (nSPS) is 15.3. The van der Waals surface area contributed by atoms with Crippen LogP contribution in [-0.2, 0) is 5.41 Å². The van der Waals surface area contributed by atoms with E-state index < -0.39 is 0 Å². The largest absolute Gasteiger partial charge is 0.497 e. The molecule has 0 aromatic heterocycles. The van der Waals surface area contributed by atoms with E-state index in [-0.39, 0.29) is 5.41 Å². The maximum Gasteiger partial charge on any atom is 0.209 e. The van der Waals surface area contributed by atoms with Gasteiger partial charge in [-0.2, -0.15) is 4.58 Å². The van der Waals surface area contributed by atoms with Gasteiger partial charge in [-0.15, -0.1) is 0 Å². The third-order valence-corrected chi connectivity index (χ3v) is 5.22. The van der Waals surface area contributed by atoms with Crippen LogP contribution >= 0.6 is 11.8 Å². The van der Waals surface area contributed by atoms with Gasteiger partial charge in [-0.3, -0.25) is 4.42 Å². The summed E-state index contributed by atoms with van der Waals surface area (Å²) in [4.78, 5) is 0. The first-order chi connectivity index (χ1) is 12.4. The number of fused-ring (bicyclic) bond motifs is 1. The molecular weight excluding hydrogens is 348 g/mol. The fraction of sp³-hybridized carbons (Fsp3) is 0.286. The van der Waals surface area contributed by atoms with E-state index in [1.54, 1.807) is 14.2 Å². The molecule has 0 aliphatic carbocycles. The summed E-state index contributed by atoms with van der Waals surface area (Å²) in [6.07, 6.45) is 3.90. The Balaban J connectivity index is 1.92. The van der Waals surface area contributed by atoms with Crippen LogP contribution in [0.2, 0.25) is 0 Å². The van der Waals surface area contributed by atoms with Gasteiger partial charge in [0.25, 0.3) is 0 Å². The van der Waals surface area contributed by atoms with E-state index in [1.807, 2.05) is 24.4 Å². The van der Waals surface area contributed by atoms with E-state index >= 15 is 0 Å². The number of hydrogen-bond donors (Lipinski definition) is 0. The van der Waals surface area contributed by atoms with Gasteiger partial charge in [0.15, 0.2) is 5.71 Å². The van der Waals surface area contributed by atoms with Crippen molar-refractivity contribution in [3.63, 3.8) is 0 Å². The Morgan fingerprint density at radius 2 is 1.81 bits per heavy atom. The molecule has 2 aromatic carbocycles. The number of benzene rings is 2. The van der Waals surface area contributed by atoms with Crippen molar-refractivity contribution in [2.24, 2.45) is 0 Å². The number of hydrogen-bond acceptors (Lipinski definition) is 3. The Labute approximate surface area is 160 Å². The highest BCUT2D eigenvalue weighted by molar-refractivity contribution is 6.27. The molecule has 0 bridgehead atoms. The van der Waals surface area contributed by atoms with Crippen LogP contribution < -0.4 is 13.9 Å². The van der Waals surface area contributed by atoms with Crippen molar-refractivity contribution < 1.29 is 14.0 Å². The molecule has 0 radical (unpaired) electrons. The first-order valence-electron chi connectivity index (χ1n) is 8.46. The SMILES string of the molecule is COc1ccc(N(Cl)/C=C/C2=[N+](C)c3ccccc3C2(C)C)c(OC)c1. The third kappa shape index (κ3) is 3.06. The Morgan fingerprint density at radius 1 is 1.08 bits per heavy atom. The van der Waals surface area contributed by atoms with E-state index in [2.05, 4.69) is 55.8 Å². The van der Waals surface area contributed by atoms with Crippen LogP contribution in [0.25, 0.3) is 0 Å². The Morgan fingerprint density at radius 3 is 2.46 bits per heavy atom. The molecule has 1 aliphatic heterocycles. The first-order valence-corrected chi connectivity index (χ1v) is 8.80. The molecule has 0 spiro atoms. The maximum atomic E-state index is 6.51. The van der Waals surface area contributed by atoms with E-state index in [0.29, 0.717) is 5.75 Å². The molecule has 26 heavy (non-hydrogen) atoms. The van der Waals surface area contributed by atoms with Crippen LogP contribution in [-0.4, -0.2) is 31.6 Å². The van der Waals surface area contributed by atoms with Crippen LogP contribution in [0.5, 0.6) is 11.5 Å². The second-order valence-electron chi connectivity index (χ2n) is 6.75. The number of allylic oxidation sites excluding steroid dienone is 1. The van der Waals surface area contributed by atoms with Gasteiger partial charge >= 0.3 is 0 Å². The van der Waals surface area contributed by atoms with Crippen molar-refractivity contribution in [3.05, 3.63) is 60.3 Å². The zero-order valence-electron chi connectivity index (χ0n) is 15.8. The van der Waals surface area contributed by atoms with Gasteiger partial charge in [-0.25, -0.2) is 0 Å². The van der Waals surface area contributed by atoms with Crippen molar-refractivity contribution in [1.82, 2.24) is 0 Å². The van der Waals surface area contributed by atoms with Crippen LogP contribution in [0.4, 0.5) is 11.4 Å². The van der Waals surface area contributed by atoms with Gasteiger partial charge < -0.3 is 9.47 Å². The molecule has 1 heterocycles. The quantitative estimate of drug-likeness (QED) is 0.553. The second kappa shape index (κ2) is 7.04. The van der Waals surface area contributed by atoms with Crippen LogP contribution in [0, 0.1) is 0 Å². The molecule has 0 amide bonds. The minimum atomic E-state index is -0.0937. The van der Waals surface area contributed by atoms with E-state index in [9.17, 15) is 0 Å². The van der Waals surface area contributed by atoms with Gasteiger partial charge in [-0.05, 0) is 26.0 Å². The lowest BCUT2D eigenvalue weighted by atomic mass is 9.81. The summed E-state index contributed by atoms with van der Waals surface area (Å²) in [5.41, 5.74) is 4.37. The zero-order valence-corrected chi connectivity index (χ0v) is 16.5. The lowest BCUT2D eigenvalue weighted by molar-refractivity contribution is -0.401. The highest BCUT2D eigenvalue weighted by Gasteiger charge is 2.42. The van der Waals surface area contributed by atoms with Gasteiger partial charge in [0.2, 0.25) is 5.69 Å². The predicted octanol–water partition coefficient (Wildman–Crippen LogP) is 4.88. The molecule has 0 saturated heterocycles. The predicted molar refractivity (Wildman–Crippen MR) is 107 cm³/mol. The summed E-state index contributed by atoms with van der Waals surface area (Å²) in [6.45, 7) is 4.45. The Bertz CT molecular complexity index is 887. The molecule has 2 aromatic rings. The van der Waals surface area contributed by atoms with Gasteiger partial charge in [0.1, 0.15) is 18.5 Å². The average molecular weight is 372 g/mol. The molecule has 0 fully saturated rings. The fourth-order valence-electron chi connectivity index (χ4n) is 3.48. The molecule has 4 nitrogen and oxygen atoms in total. The number of methoxy groups -OCH3 is 2. The molecule has 0 N–H and O–H groups in total. The number of rotatable bonds is 5. The number of halogens is 1. The molecule has 136 valence electrons. The van der Waals surface area contributed by atoms with Crippen molar-refractivity contribution >= 4 is 28.9 Å². The lowest BCUT2D eigenvalue weighted by Crippen LogP contribution is -2.27. The first kappa shape index (κ1) is 18.3.